The minimum Gasteiger partial charge on any atom is -0.355 e. The van der Waals surface area contributed by atoms with Crippen molar-refractivity contribution in [3.05, 3.63) is 192 Å². The van der Waals surface area contributed by atoms with Crippen molar-refractivity contribution in [1.29, 1.82) is 0 Å². The lowest BCUT2D eigenvalue weighted by molar-refractivity contribution is -0.117. The van der Waals surface area contributed by atoms with Crippen LogP contribution in [0.15, 0.2) is 195 Å². The van der Waals surface area contributed by atoms with Gasteiger partial charge in [0.1, 0.15) is 6.54 Å². The molecule has 4 aliphatic rings. The Kier molecular flexibility index (Phi) is 10.2. The SMILES string of the molecule is CC1(C)/C(=C/C=C/C=C/C2N(CC(=O)N3c4ccccc4Sc4ccccc43)c3ccccc3C2(C)C)N(CC(=O)N2c3ccccc3Sc3ccc(Cl)cc32)c2ccccc21. The maximum atomic E-state index is 14.7. The van der Waals surface area contributed by atoms with E-state index in [0.717, 1.165) is 59.4 Å². The predicted octanol–water partition coefficient (Wildman–Crippen LogP) is 13.3. The number of carbonyl (C=O) groups excluding carboxylic acids is 2. The third kappa shape index (κ3) is 6.76. The van der Waals surface area contributed by atoms with Crippen molar-refractivity contribution < 1.29 is 9.59 Å². The van der Waals surface area contributed by atoms with E-state index >= 15 is 0 Å². The molecule has 0 saturated carbocycles. The molecule has 0 radical (unpaired) electrons. The Morgan fingerprint density at radius 2 is 1.06 bits per heavy atom. The molecule has 4 heterocycles. The van der Waals surface area contributed by atoms with E-state index in [1.54, 1.807) is 23.5 Å². The minimum absolute atomic E-state index is 0.0208. The fraction of sp³-hybridized carbons (Fsp3) is 0.170. The van der Waals surface area contributed by atoms with E-state index in [9.17, 15) is 9.59 Å². The number of hydrogen-bond donors (Lipinski definition) is 0. The molecule has 6 aromatic rings. The molecule has 308 valence electrons. The molecule has 62 heavy (non-hydrogen) atoms. The van der Waals surface area contributed by atoms with Crippen LogP contribution < -0.4 is 19.6 Å². The summed E-state index contributed by atoms with van der Waals surface area (Å²) in [6.45, 7) is 9.32. The second-order valence-corrected chi connectivity index (χ2v) is 19.6. The third-order valence-corrected chi connectivity index (χ3v) is 15.1. The first-order valence-electron chi connectivity index (χ1n) is 20.9. The monoisotopic (exact) mass is 868 g/mol. The second-order valence-electron chi connectivity index (χ2n) is 17.0. The van der Waals surface area contributed by atoms with Crippen LogP contribution in [0.3, 0.4) is 0 Å². The fourth-order valence-corrected chi connectivity index (χ4v) is 11.8. The molecule has 4 aliphatic heterocycles. The number of para-hydroxylation sites is 5. The van der Waals surface area contributed by atoms with Crippen LogP contribution in [-0.2, 0) is 20.4 Å². The van der Waals surface area contributed by atoms with Crippen molar-refractivity contribution >= 4 is 81.1 Å². The van der Waals surface area contributed by atoms with Gasteiger partial charge in [-0.05, 0) is 83.9 Å². The molecule has 1 unspecified atom stereocenters. The number of amides is 2. The van der Waals surface area contributed by atoms with Crippen molar-refractivity contribution in [1.82, 2.24) is 0 Å². The van der Waals surface area contributed by atoms with E-state index in [0.29, 0.717) is 5.02 Å². The highest BCUT2D eigenvalue weighted by Gasteiger charge is 2.45. The maximum absolute atomic E-state index is 14.7. The van der Waals surface area contributed by atoms with Crippen LogP contribution in [0.1, 0.15) is 38.8 Å². The van der Waals surface area contributed by atoms with Gasteiger partial charge in [-0.2, -0.15) is 0 Å². The van der Waals surface area contributed by atoms with Gasteiger partial charge in [-0.15, -0.1) is 0 Å². The van der Waals surface area contributed by atoms with Gasteiger partial charge in [0, 0.05) is 52.5 Å². The summed E-state index contributed by atoms with van der Waals surface area (Å²) in [6.07, 6.45) is 10.6. The summed E-state index contributed by atoms with van der Waals surface area (Å²) in [5.41, 5.74) is 8.37. The third-order valence-electron chi connectivity index (χ3n) is 12.6. The largest absolute Gasteiger partial charge is 0.355 e. The first-order chi connectivity index (χ1) is 30.0. The highest BCUT2D eigenvalue weighted by molar-refractivity contribution is 8.00. The highest BCUT2D eigenvalue weighted by Crippen LogP contribution is 2.52. The smallest absolute Gasteiger partial charge is 0.251 e. The lowest BCUT2D eigenvalue weighted by Gasteiger charge is -2.35. The Morgan fingerprint density at radius 1 is 0.565 bits per heavy atom. The molecule has 0 saturated heterocycles. The molecule has 0 N–H and O–H groups in total. The molecule has 0 aromatic heterocycles. The van der Waals surface area contributed by atoms with Crippen molar-refractivity contribution in [3.8, 4) is 0 Å². The van der Waals surface area contributed by atoms with Gasteiger partial charge in [-0.3, -0.25) is 19.4 Å². The molecule has 9 heteroatoms. The summed E-state index contributed by atoms with van der Waals surface area (Å²) in [5, 5.41) is 0.588. The number of halogens is 1. The number of benzene rings is 6. The molecule has 2 amide bonds. The zero-order valence-corrected chi connectivity index (χ0v) is 37.3. The average molecular weight is 870 g/mol. The first kappa shape index (κ1) is 40.2. The van der Waals surface area contributed by atoms with Gasteiger partial charge in [-0.1, -0.05) is 160 Å². The van der Waals surface area contributed by atoms with Gasteiger partial charge in [0.05, 0.1) is 35.3 Å². The van der Waals surface area contributed by atoms with Crippen LogP contribution in [0.2, 0.25) is 5.02 Å². The van der Waals surface area contributed by atoms with E-state index in [-0.39, 0.29) is 41.8 Å². The van der Waals surface area contributed by atoms with Crippen LogP contribution in [0.25, 0.3) is 0 Å². The van der Waals surface area contributed by atoms with Crippen LogP contribution >= 0.6 is 35.1 Å². The minimum atomic E-state index is -0.363. The van der Waals surface area contributed by atoms with Crippen LogP contribution in [0.5, 0.6) is 0 Å². The van der Waals surface area contributed by atoms with Crippen molar-refractivity contribution in [2.45, 2.75) is 64.1 Å². The normalized spacial score (nSPS) is 18.4. The number of nitrogens with zero attached hydrogens (tertiary/aromatic N) is 4. The molecule has 0 fully saturated rings. The van der Waals surface area contributed by atoms with Crippen LogP contribution in [-0.4, -0.2) is 30.9 Å². The van der Waals surface area contributed by atoms with E-state index in [1.807, 2.05) is 88.7 Å². The lowest BCUT2D eigenvalue weighted by Crippen LogP contribution is -2.46. The summed E-state index contributed by atoms with van der Waals surface area (Å²) < 4.78 is 0. The highest BCUT2D eigenvalue weighted by atomic mass is 35.5. The summed E-state index contributed by atoms with van der Waals surface area (Å²) in [5.74, 6) is -0.0241. The first-order valence-corrected chi connectivity index (χ1v) is 22.9. The van der Waals surface area contributed by atoms with E-state index in [1.165, 1.54) is 11.1 Å². The van der Waals surface area contributed by atoms with Crippen LogP contribution in [0.4, 0.5) is 34.1 Å². The summed E-state index contributed by atoms with van der Waals surface area (Å²) >= 11 is 9.89. The molecule has 6 aromatic carbocycles. The summed E-state index contributed by atoms with van der Waals surface area (Å²) in [4.78, 5) is 41.7. The molecule has 10 rings (SSSR count). The summed E-state index contributed by atoms with van der Waals surface area (Å²) in [7, 11) is 0. The van der Waals surface area contributed by atoms with Gasteiger partial charge in [0.25, 0.3) is 11.8 Å². The molecular formula is C53H45ClN4O2S2. The zero-order valence-electron chi connectivity index (χ0n) is 35.0. The quantitative estimate of drug-likeness (QED) is 0.149. The molecule has 0 bridgehead atoms. The lowest BCUT2D eigenvalue weighted by atomic mass is 9.80. The summed E-state index contributed by atoms with van der Waals surface area (Å²) in [6, 6.07) is 46.9. The van der Waals surface area contributed by atoms with Crippen molar-refractivity contribution in [3.63, 3.8) is 0 Å². The Labute approximate surface area is 377 Å². The average Bonchev–Trinajstić information content (AvgIpc) is 3.62. The van der Waals surface area contributed by atoms with Crippen molar-refractivity contribution in [2.24, 2.45) is 0 Å². The number of rotatable bonds is 7. The molecule has 0 aliphatic carbocycles. The van der Waals surface area contributed by atoms with Crippen molar-refractivity contribution in [2.75, 3.05) is 32.7 Å². The van der Waals surface area contributed by atoms with Crippen LogP contribution in [0, 0.1) is 0 Å². The molecular weight excluding hydrogens is 824 g/mol. The fourth-order valence-electron chi connectivity index (χ4n) is 9.58. The topological polar surface area (TPSA) is 47.1 Å². The maximum Gasteiger partial charge on any atom is 0.251 e. The molecule has 6 nitrogen and oxygen atoms in total. The van der Waals surface area contributed by atoms with E-state index < -0.39 is 0 Å². The standard InChI is InChI=1S/C53H45ClN4O2S2/c1-52(2)36-18-8-10-20-38(36)55(33-50(59)57-40-22-12-15-25-44(40)61-45-26-16-13-23-41(45)57)48(52)28-6-5-7-29-49-53(3,4)37-19-9-11-21-39(37)56(49)34-51(60)58-42-24-14-17-27-46(42)62-47-31-30-35(54)32-43(47)58/h5-32,48H,33-34H2,1-4H3/b7-5+,28-6+,49-29-. The zero-order chi connectivity index (χ0) is 42.8. The molecule has 1 atom stereocenters. The Balaban J connectivity index is 0.948. The predicted molar refractivity (Wildman–Crippen MR) is 257 cm³/mol. The number of anilines is 6. The Hall–Kier alpha value is -5.93. The van der Waals surface area contributed by atoms with Gasteiger partial charge < -0.3 is 9.80 Å². The van der Waals surface area contributed by atoms with Gasteiger partial charge in [-0.25, -0.2) is 0 Å². The number of fused-ring (bicyclic) bond motifs is 6. The van der Waals surface area contributed by atoms with E-state index in [4.69, 9.17) is 11.6 Å². The van der Waals surface area contributed by atoms with Gasteiger partial charge in [0.15, 0.2) is 0 Å². The second kappa shape index (κ2) is 15.8. The number of hydrogen-bond acceptors (Lipinski definition) is 6. The Morgan fingerprint density at radius 3 is 1.69 bits per heavy atom. The van der Waals surface area contributed by atoms with E-state index in [2.05, 4.69) is 129 Å². The molecule has 0 spiro atoms. The number of carbonyl (C=O) groups is 2. The van der Waals surface area contributed by atoms with Gasteiger partial charge >= 0.3 is 0 Å². The van der Waals surface area contributed by atoms with Gasteiger partial charge in [0.2, 0.25) is 0 Å². The Bertz CT molecular complexity index is 2840. The number of allylic oxidation sites excluding steroid dienone is 5.